The number of allylic oxidation sites excluding steroid dienone is 1. The molecule has 0 fully saturated rings. The van der Waals surface area contributed by atoms with Gasteiger partial charge in [-0.25, -0.2) is 0 Å². The number of aryl methyl sites for hydroxylation is 1. The van der Waals surface area contributed by atoms with Gasteiger partial charge in [-0.1, -0.05) is 23.4 Å². The van der Waals surface area contributed by atoms with Crippen molar-refractivity contribution in [3.8, 4) is 5.75 Å². The fourth-order valence-electron chi connectivity index (χ4n) is 2.55. The molecule has 0 aliphatic carbocycles. The lowest BCUT2D eigenvalue weighted by Gasteiger charge is -2.06. The lowest BCUT2D eigenvalue weighted by molar-refractivity contribution is 0.320. The van der Waals surface area contributed by atoms with Gasteiger partial charge in [0.2, 0.25) is 0 Å². The summed E-state index contributed by atoms with van der Waals surface area (Å²) in [4.78, 5) is 12.4. The van der Waals surface area contributed by atoms with Crippen LogP contribution in [0.1, 0.15) is 11.1 Å². The van der Waals surface area contributed by atoms with Crippen molar-refractivity contribution in [2.24, 2.45) is 12.2 Å². The van der Waals surface area contributed by atoms with Gasteiger partial charge in [-0.2, -0.15) is 0 Å². The normalized spacial score (nSPS) is 12.1. The van der Waals surface area contributed by atoms with Gasteiger partial charge >= 0.3 is 0 Å². The van der Waals surface area contributed by atoms with Gasteiger partial charge in [-0.05, 0) is 53.9 Å². The second-order valence-electron chi connectivity index (χ2n) is 5.39. The van der Waals surface area contributed by atoms with E-state index in [1.54, 1.807) is 42.0 Å². The van der Waals surface area contributed by atoms with Crippen LogP contribution in [0.2, 0.25) is 0 Å². The molecule has 0 spiro atoms. The molecule has 120 valence electrons. The summed E-state index contributed by atoms with van der Waals surface area (Å²) in [6, 6.07) is 15.7. The first-order valence-corrected chi connectivity index (χ1v) is 7.38. The molecular weight excluding hydrogens is 304 g/mol. The van der Waals surface area contributed by atoms with Crippen LogP contribution >= 0.6 is 0 Å². The number of para-hydroxylation sites is 1. The molecule has 2 aromatic carbocycles. The minimum Gasteiger partial charge on any atom is -0.508 e. The molecule has 0 bridgehead atoms. The van der Waals surface area contributed by atoms with Crippen LogP contribution in [0.5, 0.6) is 5.75 Å². The average Bonchev–Trinajstić information content (AvgIpc) is 2.61. The molecule has 1 heterocycles. The maximum atomic E-state index is 12.4. The largest absolute Gasteiger partial charge is 0.508 e. The second kappa shape index (κ2) is 6.42. The maximum Gasteiger partial charge on any atom is 0.258 e. The van der Waals surface area contributed by atoms with Gasteiger partial charge in [0, 0.05) is 18.2 Å². The highest BCUT2D eigenvalue weighted by atomic mass is 16.4. The zero-order chi connectivity index (χ0) is 17.1. The summed E-state index contributed by atoms with van der Waals surface area (Å²) in [5, 5.41) is 22.7. The zero-order valence-electron chi connectivity index (χ0n) is 13.0. The van der Waals surface area contributed by atoms with E-state index in [0.717, 1.165) is 10.9 Å². The molecule has 0 radical (unpaired) electrons. The number of hydrogen-bond acceptors (Lipinski definition) is 4. The fraction of sp³-hybridized carbons (Fsp3) is 0.0526. The van der Waals surface area contributed by atoms with Crippen LogP contribution in [0.25, 0.3) is 17.0 Å². The quantitative estimate of drug-likeness (QED) is 0.442. The predicted molar refractivity (Wildman–Crippen MR) is 94.7 cm³/mol. The van der Waals surface area contributed by atoms with Gasteiger partial charge in [0.15, 0.2) is 0 Å². The first-order valence-electron chi connectivity index (χ1n) is 7.38. The average molecular weight is 320 g/mol. The van der Waals surface area contributed by atoms with E-state index < -0.39 is 0 Å². The highest BCUT2D eigenvalue weighted by Gasteiger charge is 2.05. The van der Waals surface area contributed by atoms with Gasteiger partial charge in [-0.15, -0.1) is 0 Å². The lowest BCUT2D eigenvalue weighted by Crippen LogP contribution is -2.19. The zero-order valence-corrected chi connectivity index (χ0v) is 13.0. The topological polar surface area (TPSA) is 74.8 Å². The van der Waals surface area contributed by atoms with Gasteiger partial charge < -0.3 is 14.9 Å². The molecule has 3 rings (SSSR count). The lowest BCUT2D eigenvalue weighted by atomic mass is 10.1. The number of phenols is 1. The van der Waals surface area contributed by atoms with Crippen LogP contribution < -0.4 is 5.56 Å². The first kappa shape index (κ1) is 15.6. The Morgan fingerprint density at radius 2 is 1.83 bits per heavy atom. The van der Waals surface area contributed by atoms with Crippen LogP contribution in [0.3, 0.4) is 0 Å². The number of fused-ring (bicyclic) bond motifs is 1. The van der Waals surface area contributed by atoms with Crippen LogP contribution in [-0.4, -0.2) is 20.6 Å². The Kier molecular flexibility index (Phi) is 4.16. The van der Waals surface area contributed by atoms with Gasteiger partial charge in [0.1, 0.15) is 11.5 Å². The van der Waals surface area contributed by atoms with E-state index in [1.165, 1.54) is 12.1 Å². The summed E-state index contributed by atoms with van der Waals surface area (Å²) >= 11 is 0. The standard InChI is InChI=1S/C19H16N2O3/c1-21-18-5-3-2-4-14(18)12-15(19(21)23)8-11-17(20-24)13-6-9-16(22)10-7-13/h2-12,22,24H,1H3/b11-8+,20-17+. The number of phenolic OH excluding ortho intramolecular Hbond substituents is 1. The summed E-state index contributed by atoms with van der Waals surface area (Å²) < 4.78 is 1.59. The van der Waals surface area contributed by atoms with Crippen molar-refractivity contribution >= 4 is 22.7 Å². The molecule has 3 aromatic rings. The number of rotatable bonds is 3. The van der Waals surface area contributed by atoms with Crippen molar-refractivity contribution in [2.75, 3.05) is 0 Å². The molecule has 5 nitrogen and oxygen atoms in total. The van der Waals surface area contributed by atoms with Gasteiger partial charge in [0.05, 0.1) is 5.52 Å². The Morgan fingerprint density at radius 3 is 2.54 bits per heavy atom. The Bertz CT molecular complexity index is 999. The maximum absolute atomic E-state index is 12.4. The molecule has 5 heteroatoms. The molecule has 0 saturated heterocycles. The molecule has 2 N–H and O–H groups in total. The minimum atomic E-state index is -0.132. The van der Waals surface area contributed by atoms with Crippen molar-refractivity contribution in [2.45, 2.75) is 0 Å². The number of nitrogens with zero attached hydrogens (tertiary/aromatic N) is 2. The van der Waals surface area contributed by atoms with Gasteiger partial charge in [-0.3, -0.25) is 4.79 Å². The van der Waals surface area contributed by atoms with E-state index in [1.807, 2.05) is 24.3 Å². The monoisotopic (exact) mass is 320 g/mol. The number of hydrogen-bond donors (Lipinski definition) is 2. The molecule has 1 aromatic heterocycles. The van der Waals surface area contributed by atoms with Crippen molar-refractivity contribution in [3.63, 3.8) is 0 Å². The summed E-state index contributed by atoms with van der Waals surface area (Å²) in [6.45, 7) is 0. The Balaban J connectivity index is 2.02. The van der Waals surface area contributed by atoms with E-state index in [0.29, 0.717) is 16.8 Å². The van der Waals surface area contributed by atoms with E-state index in [2.05, 4.69) is 5.16 Å². The fourth-order valence-corrected chi connectivity index (χ4v) is 2.55. The van der Waals surface area contributed by atoms with Crippen LogP contribution in [0.4, 0.5) is 0 Å². The SMILES string of the molecule is Cn1c(=O)c(/C=C/C(=N\O)c2ccc(O)cc2)cc2ccccc21. The molecule has 24 heavy (non-hydrogen) atoms. The molecular formula is C19H16N2O3. The third kappa shape index (κ3) is 2.92. The Labute approximate surface area is 138 Å². The number of pyridine rings is 1. The molecule has 0 aliphatic rings. The van der Waals surface area contributed by atoms with Crippen LogP contribution in [0, 0.1) is 0 Å². The summed E-state index contributed by atoms with van der Waals surface area (Å²) in [6.07, 6.45) is 3.19. The van der Waals surface area contributed by atoms with E-state index in [-0.39, 0.29) is 11.3 Å². The highest BCUT2D eigenvalue weighted by molar-refractivity contribution is 6.10. The van der Waals surface area contributed by atoms with Crippen molar-refractivity contribution in [1.29, 1.82) is 0 Å². The Hall–Kier alpha value is -3.34. The Morgan fingerprint density at radius 1 is 1.12 bits per heavy atom. The summed E-state index contributed by atoms with van der Waals surface area (Å²) in [5.74, 6) is 0.128. The number of benzene rings is 2. The smallest absolute Gasteiger partial charge is 0.258 e. The highest BCUT2D eigenvalue weighted by Crippen LogP contribution is 2.14. The van der Waals surface area contributed by atoms with Crippen LogP contribution in [0.15, 0.2) is 70.6 Å². The van der Waals surface area contributed by atoms with E-state index in [9.17, 15) is 15.1 Å². The third-order valence-electron chi connectivity index (χ3n) is 3.85. The molecule has 0 saturated carbocycles. The minimum absolute atomic E-state index is 0.128. The van der Waals surface area contributed by atoms with E-state index in [4.69, 9.17) is 0 Å². The van der Waals surface area contributed by atoms with Crippen LogP contribution in [-0.2, 0) is 7.05 Å². The molecule has 0 atom stereocenters. The van der Waals surface area contributed by atoms with E-state index >= 15 is 0 Å². The van der Waals surface area contributed by atoms with Crippen molar-refractivity contribution < 1.29 is 10.3 Å². The number of aromatic nitrogens is 1. The molecule has 0 unspecified atom stereocenters. The second-order valence-corrected chi connectivity index (χ2v) is 5.39. The first-order chi connectivity index (χ1) is 11.6. The third-order valence-corrected chi connectivity index (χ3v) is 3.85. The van der Waals surface area contributed by atoms with Crippen molar-refractivity contribution in [3.05, 3.63) is 82.2 Å². The summed E-state index contributed by atoms with van der Waals surface area (Å²) in [7, 11) is 1.73. The number of aromatic hydroxyl groups is 1. The predicted octanol–water partition coefficient (Wildman–Crippen LogP) is 3.14. The number of oxime groups is 1. The summed E-state index contributed by atoms with van der Waals surface area (Å²) in [5.41, 5.74) is 2.15. The molecule has 0 amide bonds. The van der Waals surface area contributed by atoms with Crippen molar-refractivity contribution in [1.82, 2.24) is 4.57 Å². The van der Waals surface area contributed by atoms with Gasteiger partial charge in [0.25, 0.3) is 5.56 Å². The molecule has 0 aliphatic heterocycles.